The first-order valence-electron chi connectivity index (χ1n) is 6.52. The van der Waals surface area contributed by atoms with Crippen molar-refractivity contribution in [1.82, 2.24) is 4.90 Å². The minimum atomic E-state index is -4.45. The highest BCUT2D eigenvalue weighted by atomic mass is 79.9. The summed E-state index contributed by atoms with van der Waals surface area (Å²) in [6.07, 6.45) is -3.55. The van der Waals surface area contributed by atoms with E-state index in [1.165, 1.54) is 12.1 Å². The van der Waals surface area contributed by atoms with E-state index in [9.17, 15) is 18.0 Å². The number of carbonyl (C=O) groups excluding carboxylic acids is 1. The molecule has 0 aliphatic carbocycles. The lowest BCUT2D eigenvalue weighted by Gasteiger charge is -2.31. The molecule has 0 aromatic heterocycles. The molecule has 1 aromatic rings. The molecule has 1 rings (SSSR count). The zero-order valence-electron chi connectivity index (χ0n) is 11.7. The van der Waals surface area contributed by atoms with Crippen LogP contribution in [-0.4, -0.2) is 29.6 Å². The first kappa shape index (κ1) is 18.3. The molecule has 0 spiro atoms. The topological polar surface area (TPSA) is 20.3 Å². The molecule has 21 heavy (non-hydrogen) atoms. The number of benzene rings is 1. The number of hydrogen-bond acceptors (Lipinski definition) is 1. The normalized spacial score (nSPS) is 11.8. The molecule has 0 unspecified atom stereocenters. The Morgan fingerprint density at radius 3 is 2.38 bits per heavy atom. The van der Waals surface area contributed by atoms with Crippen LogP contribution in [-0.2, 0) is 0 Å². The van der Waals surface area contributed by atoms with Crippen molar-refractivity contribution in [2.45, 2.75) is 38.9 Å². The molecule has 0 saturated carbocycles. The van der Waals surface area contributed by atoms with Crippen molar-refractivity contribution in [3.05, 3.63) is 33.3 Å². The molecule has 1 amide bonds. The lowest BCUT2D eigenvalue weighted by molar-refractivity contribution is -0.144. The monoisotopic (exact) mass is 385 g/mol. The molecule has 118 valence electrons. The fourth-order valence-corrected chi connectivity index (χ4v) is 2.66. The highest BCUT2D eigenvalue weighted by Crippen LogP contribution is 2.27. The van der Waals surface area contributed by atoms with E-state index in [0.29, 0.717) is 17.3 Å². The number of hydrogen-bond donors (Lipinski definition) is 0. The highest BCUT2D eigenvalue weighted by Gasteiger charge is 2.36. The predicted molar refractivity (Wildman–Crippen MR) is 80.6 cm³/mol. The van der Waals surface area contributed by atoms with Gasteiger partial charge < -0.3 is 4.90 Å². The summed E-state index contributed by atoms with van der Waals surface area (Å²) in [5.41, 5.74) is 0.0715. The molecule has 0 bridgehead atoms. The van der Waals surface area contributed by atoms with Crippen LogP contribution in [0.4, 0.5) is 13.2 Å². The molecule has 2 nitrogen and oxygen atoms in total. The number of rotatable bonds is 5. The first-order chi connectivity index (χ1) is 9.69. The Morgan fingerprint density at radius 2 is 1.90 bits per heavy atom. The molecule has 0 aliphatic heterocycles. The van der Waals surface area contributed by atoms with Gasteiger partial charge >= 0.3 is 6.18 Å². The van der Waals surface area contributed by atoms with Crippen LogP contribution >= 0.6 is 27.5 Å². The van der Waals surface area contributed by atoms with Gasteiger partial charge in [-0.25, -0.2) is 0 Å². The summed E-state index contributed by atoms with van der Waals surface area (Å²) in [5, 5.41) is 0.140. The van der Waals surface area contributed by atoms with E-state index >= 15 is 0 Å². The van der Waals surface area contributed by atoms with Gasteiger partial charge in [0.25, 0.3) is 5.91 Å². The summed E-state index contributed by atoms with van der Waals surface area (Å²) in [6, 6.07) is 4.08. The average Bonchev–Trinajstić information content (AvgIpc) is 2.39. The molecule has 0 heterocycles. The molecular formula is C14H16BrClF3NO. The Labute approximate surface area is 135 Å². The van der Waals surface area contributed by atoms with Gasteiger partial charge in [0.15, 0.2) is 0 Å². The Kier molecular flexibility index (Phi) is 6.53. The van der Waals surface area contributed by atoms with E-state index in [1.807, 2.05) is 0 Å². The van der Waals surface area contributed by atoms with Gasteiger partial charge in [0, 0.05) is 10.5 Å². The number of nitrogens with zero attached hydrogens (tertiary/aromatic N) is 1. The van der Waals surface area contributed by atoms with Gasteiger partial charge in [-0.05, 0) is 31.0 Å². The average molecular weight is 387 g/mol. The van der Waals surface area contributed by atoms with Crippen molar-refractivity contribution in [3.8, 4) is 0 Å². The van der Waals surface area contributed by atoms with Crippen molar-refractivity contribution in [3.63, 3.8) is 0 Å². The molecule has 0 radical (unpaired) electrons. The largest absolute Gasteiger partial charge is 0.406 e. The van der Waals surface area contributed by atoms with Gasteiger partial charge in [-0.2, -0.15) is 13.2 Å². The quantitative estimate of drug-likeness (QED) is 0.673. The van der Waals surface area contributed by atoms with E-state index in [1.54, 1.807) is 19.9 Å². The molecule has 0 fully saturated rings. The zero-order valence-corrected chi connectivity index (χ0v) is 14.0. The minimum absolute atomic E-state index is 0.0715. The second kappa shape index (κ2) is 7.49. The summed E-state index contributed by atoms with van der Waals surface area (Å²) < 4.78 is 38.9. The van der Waals surface area contributed by atoms with Crippen LogP contribution in [0, 0.1) is 0 Å². The molecule has 1 aromatic carbocycles. The van der Waals surface area contributed by atoms with Crippen LogP contribution in [0.3, 0.4) is 0 Å². The van der Waals surface area contributed by atoms with Crippen molar-refractivity contribution in [2.75, 3.05) is 6.54 Å². The fraction of sp³-hybridized carbons (Fsp3) is 0.500. The van der Waals surface area contributed by atoms with Crippen molar-refractivity contribution >= 4 is 33.4 Å². The lowest BCUT2D eigenvalue weighted by Crippen LogP contribution is -2.45. The highest BCUT2D eigenvalue weighted by molar-refractivity contribution is 9.10. The third-order valence-corrected chi connectivity index (χ3v) is 3.98. The van der Waals surface area contributed by atoms with Crippen LogP contribution in [0.5, 0.6) is 0 Å². The molecular weight excluding hydrogens is 371 g/mol. The van der Waals surface area contributed by atoms with Crippen molar-refractivity contribution in [2.24, 2.45) is 0 Å². The summed E-state index contributed by atoms with van der Waals surface area (Å²) in [7, 11) is 0. The smallest absolute Gasteiger partial charge is 0.327 e. The van der Waals surface area contributed by atoms with Gasteiger partial charge in [-0.1, -0.05) is 41.4 Å². The van der Waals surface area contributed by atoms with Crippen LogP contribution < -0.4 is 0 Å². The second-order valence-corrected chi connectivity index (χ2v) is 5.97. The Morgan fingerprint density at radius 1 is 1.33 bits per heavy atom. The van der Waals surface area contributed by atoms with Gasteiger partial charge in [0.05, 0.1) is 10.6 Å². The maximum absolute atomic E-state index is 12.8. The van der Waals surface area contributed by atoms with Crippen molar-refractivity contribution in [1.29, 1.82) is 0 Å². The van der Waals surface area contributed by atoms with Gasteiger partial charge in [-0.3, -0.25) is 4.79 Å². The first-order valence-corrected chi connectivity index (χ1v) is 7.69. The second-order valence-electron chi connectivity index (χ2n) is 4.64. The SMILES string of the molecule is CCC(CC)N(CC(F)(F)F)C(=O)c1cc(Br)ccc1Cl. The maximum atomic E-state index is 12.8. The molecule has 7 heteroatoms. The molecule has 0 saturated heterocycles. The van der Waals surface area contributed by atoms with Crippen LogP contribution in [0.25, 0.3) is 0 Å². The van der Waals surface area contributed by atoms with Gasteiger partial charge in [-0.15, -0.1) is 0 Å². The molecule has 0 aliphatic rings. The zero-order chi connectivity index (χ0) is 16.2. The standard InChI is InChI=1S/C14H16BrClF3NO/c1-3-10(4-2)20(8-14(17,18)19)13(21)11-7-9(15)5-6-12(11)16/h5-7,10H,3-4,8H2,1-2H3. The van der Waals surface area contributed by atoms with E-state index in [4.69, 9.17) is 11.6 Å². The molecule has 0 N–H and O–H groups in total. The van der Waals surface area contributed by atoms with E-state index < -0.39 is 24.7 Å². The fourth-order valence-electron chi connectivity index (χ4n) is 2.11. The summed E-state index contributed by atoms with van der Waals surface area (Å²) in [5.74, 6) is -0.702. The third kappa shape index (κ3) is 5.18. The van der Waals surface area contributed by atoms with Crippen LogP contribution in [0.2, 0.25) is 5.02 Å². The van der Waals surface area contributed by atoms with E-state index in [0.717, 1.165) is 4.90 Å². The predicted octanol–water partition coefficient (Wildman–Crippen LogP) is 5.30. The summed E-state index contributed by atoms with van der Waals surface area (Å²) in [6.45, 7) is 2.24. The van der Waals surface area contributed by atoms with Crippen LogP contribution in [0.1, 0.15) is 37.0 Å². The third-order valence-electron chi connectivity index (χ3n) is 3.15. The van der Waals surface area contributed by atoms with Gasteiger partial charge in [0.2, 0.25) is 0 Å². The number of carbonyl (C=O) groups is 1. The Hall–Kier alpha value is -0.750. The van der Waals surface area contributed by atoms with Crippen LogP contribution in [0.15, 0.2) is 22.7 Å². The number of halogens is 5. The molecule has 0 atom stereocenters. The number of alkyl halides is 3. The minimum Gasteiger partial charge on any atom is -0.327 e. The van der Waals surface area contributed by atoms with E-state index in [-0.39, 0.29) is 10.6 Å². The van der Waals surface area contributed by atoms with Gasteiger partial charge in [0.1, 0.15) is 6.54 Å². The lowest BCUT2D eigenvalue weighted by atomic mass is 10.1. The summed E-state index contributed by atoms with van der Waals surface area (Å²) >= 11 is 9.14. The Bertz CT molecular complexity index is 503. The van der Waals surface area contributed by atoms with E-state index in [2.05, 4.69) is 15.9 Å². The summed E-state index contributed by atoms with van der Waals surface area (Å²) in [4.78, 5) is 13.3. The maximum Gasteiger partial charge on any atom is 0.406 e. The Balaban J connectivity index is 3.18. The van der Waals surface area contributed by atoms with Crippen molar-refractivity contribution < 1.29 is 18.0 Å². The number of amides is 1.